The van der Waals surface area contributed by atoms with Crippen LogP contribution in [0.2, 0.25) is 0 Å². The molecule has 0 aliphatic carbocycles. The van der Waals surface area contributed by atoms with Crippen molar-refractivity contribution in [1.29, 1.82) is 0 Å². The largest absolute Gasteiger partial charge is 0.355 e. The summed E-state index contributed by atoms with van der Waals surface area (Å²) in [6.45, 7) is 5.72. The lowest BCUT2D eigenvalue weighted by Crippen LogP contribution is -2.41. The molecule has 1 N–H and O–H groups in total. The molecule has 0 bridgehead atoms. The lowest BCUT2D eigenvalue weighted by Gasteiger charge is -2.33. The van der Waals surface area contributed by atoms with Gasteiger partial charge in [-0.1, -0.05) is 6.92 Å². The van der Waals surface area contributed by atoms with Crippen molar-refractivity contribution in [3.63, 3.8) is 0 Å². The van der Waals surface area contributed by atoms with Crippen molar-refractivity contribution in [3.8, 4) is 0 Å². The number of fused-ring (bicyclic) bond motifs is 1. The van der Waals surface area contributed by atoms with E-state index in [1.807, 2.05) is 19.1 Å². The fourth-order valence-electron chi connectivity index (χ4n) is 3.54. The van der Waals surface area contributed by atoms with Crippen LogP contribution in [0, 0.1) is 12.8 Å². The van der Waals surface area contributed by atoms with Crippen LogP contribution in [0.1, 0.15) is 30.2 Å². The molecule has 140 valence electrons. The summed E-state index contributed by atoms with van der Waals surface area (Å²) in [6, 6.07) is 6.00. The summed E-state index contributed by atoms with van der Waals surface area (Å²) in [6.07, 6.45) is 6.20. The van der Waals surface area contributed by atoms with Crippen LogP contribution in [0.15, 0.2) is 30.7 Å². The molecule has 1 aliphatic rings. The first-order chi connectivity index (χ1) is 13.1. The molecule has 1 amide bonds. The molecule has 3 aromatic heterocycles. The average Bonchev–Trinajstić information content (AvgIpc) is 3.11. The van der Waals surface area contributed by atoms with Crippen LogP contribution in [0.25, 0.3) is 10.2 Å². The number of nitrogens with one attached hydrogen (secondary N) is 1. The van der Waals surface area contributed by atoms with Crippen LogP contribution in [0.4, 0.5) is 11.6 Å². The Bertz CT molecular complexity index is 970. The Morgan fingerprint density at radius 2 is 2.22 bits per heavy atom. The Labute approximate surface area is 162 Å². The number of pyridine rings is 1. The van der Waals surface area contributed by atoms with Gasteiger partial charge in [-0.05, 0) is 49.9 Å². The van der Waals surface area contributed by atoms with Gasteiger partial charge in [-0.15, -0.1) is 11.3 Å². The fraction of sp³-hybridized carbons (Fsp3) is 0.400. The number of amides is 1. The predicted octanol–water partition coefficient (Wildman–Crippen LogP) is 3.81. The second-order valence-corrected chi connectivity index (χ2v) is 8.09. The SMILES string of the molecule is CCc1cc2c(N3CCC[C@@H](C(=O)Nc4cc(C)ccn4)C3)ncnc2s1. The van der Waals surface area contributed by atoms with Gasteiger partial charge < -0.3 is 10.2 Å². The zero-order valence-corrected chi connectivity index (χ0v) is 16.4. The highest BCUT2D eigenvalue weighted by molar-refractivity contribution is 7.18. The maximum atomic E-state index is 12.8. The fourth-order valence-corrected chi connectivity index (χ4v) is 4.47. The number of piperidine rings is 1. The Morgan fingerprint density at radius 1 is 1.33 bits per heavy atom. The molecule has 0 aromatic carbocycles. The molecule has 7 heteroatoms. The van der Waals surface area contributed by atoms with Gasteiger partial charge in [0, 0.05) is 24.2 Å². The first kappa shape index (κ1) is 17.9. The van der Waals surface area contributed by atoms with Gasteiger partial charge in [0.2, 0.25) is 5.91 Å². The van der Waals surface area contributed by atoms with Crippen LogP contribution >= 0.6 is 11.3 Å². The lowest BCUT2D eigenvalue weighted by molar-refractivity contribution is -0.120. The minimum atomic E-state index is -0.0737. The van der Waals surface area contributed by atoms with E-state index >= 15 is 0 Å². The van der Waals surface area contributed by atoms with E-state index < -0.39 is 0 Å². The van der Waals surface area contributed by atoms with E-state index in [1.54, 1.807) is 23.9 Å². The van der Waals surface area contributed by atoms with E-state index in [2.05, 4.69) is 38.2 Å². The molecule has 4 rings (SSSR count). The maximum absolute atomic E-state index is 12.8. The molecular weight excluding hydrogens is 358 g/mol. The summed E-state index contributed by atoms with van der Waals surface area (Å²) in [7, 11) is 0. The molecule has 0 unspecified atom stereocenters. The number of carbonyl (C=O) groups is 1. The van der Waals surface area contributed by atoms with Crippen molar-refractivity contribution in [3.05, 3.63) is 41.2 Å². The van der Waals surface area contributed by atoms with Crippen LogP contribution in [-0.2, 0) is 11.2 Å². The van der Waals surface area contributed by atoms with Gasteiger partial charge in [0.25, 0.3) is 0 Å². The van der Waals surface area contributed by atoms with Crippen molar-refractivity contribution in [1.82, 2.24) is 15.0 Å². The first-order valence-electron chi connectivity index (χ1n) is 9.36. The number of aryl methyl sites for hydroxylation is 2. The number of thiophene rings is 1. The van der Waals surface area contributed by atoms with E-state index in [4.69, 9.17) is 0 Å². The molecule has 1 saturated heterocycles. The summed E-state index contributed by atoms with van der Waals surface area (Å²) in [4.78, 5) is 30.5. The predicted molar refractivity (Wildman–Crippen MR) is 109 cm³/mol. The third-order valence-corrected chi connectivity index (χ3v) is 6.15. The lowest BCUT2D eigenvalue weighted by atomic mass is 9.97. The van der Waals surface area contributed by atoms with Crippen molar-refractivity contribution in [2.45, 2.75) is 33.1 Å². The quantitative estimate of drug-likeness (QED) is 0.744. The second kappa shape index (κ2) is 7.60. The third kappa shape index (κ3) is 3.78. The minimum Gasteiger partial charge on any atom is -0.355 e. The van der Waals surface area contributed by atoms with E-state index in [9.17, 15) is 4.79 Å². The van der Waals surface area contributed by atoms with Crippen molar-refractivity contribution in [2.24, 2.45) is 5.92 Å². The van der Waals surface area contributed by atoms with Crippen molar-refractivity contribution < 1.29 is 4.79 Å². The summed E-state index contributed by atoms with van der Waals surface area (Å²) < 4.78 is 0. The monoisotopic (exact) mass is 381 g/mol. The molecule has 3 aromatic rings. The Hall–Kier alpha value is -2.54. The Kier molecular flexibility index (Phi) is 5.03. The van der Waals surface area contributed by atoms with Crippen LogP contribution in [0.3, 0.4) is 0 Å². The average molecular weight is 382 g/mol. The molecule has 0 spiro atoms. The Balaban J connectivity index is 1.53. The number of nitrogens with zero attached hydrogens (tertiary/aromatic N) is 4. The number of rotatable bonds is 4. The highest BCUT2D eigenvalue weighted by Gasteiger charge is 2.28. The van der Waals surface area contributed by atoms with Gasteiger partial charge in [0.1, 0.15) is 22.8 Å². The molecule has 6 nitrogen and oxygen atoms in total. The second-order valence-electron chi connectivity index (χ2n) is 6.98. The molecule has 0 saturated carbocycles. The molecule has 1 atom stereocenters. The van der Waals surface area contributed by atoms with E-state index in [0.29, 0.717) is 12.4 Å². The minimum absolute atomic E-state index is 0.0302. The number of carbonyl (C=O) groups excluding carboxylic acids is 1. The number of aromatic nitrogens is 3. The highest BCUT2D eigenvalue weighted by atomic mass is 32.1. The van der Waals surface area contributed by atoms with E-state index in [1.165, 1.54) is 4.88 Å². The van der Waals surface area contributed by atoms with Crippen molar-refractivity contribution in [2.75, 3.05) is 23.3 Å². The smallest absolute Gasteiger partial charge is 0.230 e. The standard InChI is InChI=1S/C20H23N5OS/c1-3-15-10-16-18(22-12-23-20(16)27-15)25-8-4-5-14(11-25)19(26)24-17-9-13(2)6-7-21-17/h6-7,9-10,12,14H,3-5,8,11H2,1-2H3,(H,21,24,26)/t14-/m1/s1. The number of hydrogen-bond donors (Lipinski definition) is 1. The van der Waals surface area contributed by atoms with Crippen LogP contribution in [0.5, 0.6) is 0 Å². The molecule has 27 heavy (non-hydrogen) atoms. The van der Waals surface area contributed by atoms with Crippen LogP contribution in [-0.4, -0.2) is 33.9 Å². The molecule has 0 radical (unpaired) electrons. The summed E-state index contributed by atoms with van der Waals surface area (Å²) in [5.41, 5.74) is 1.08. The third-order valence-electron chi connectivity index (χ3n) is 4.97. The van der Waals surface area contributed by atoms with Gasteiger partial charge >= 0.3 is 0 Å². The van der Waals surface area contributed by atoms with Crippen molar-refractivity contribution >= 4 is 39.1 Å². The van der Waals surface area contributed by atoms with Gasteiger partial charge in [0.05, 0.1) is 11.3 Å². The topological polar surface area (TPSA) is 71.0 Å². The number of anilines is 2. The van der Waals surface area contributed by atoms with Gasteiger partial charge in [-0.3, -0.25) is 4.79 Å². The molecule has 4 heterocycles. The summed E-state index contributed by atoms with van der Waals surface area (Å²) in [5, 5.41) is 4.07. The van der Waals surface area contributed by atoms with Gasteiger partial charge in [-0.2, -0.15) is 0 Å². The maximum Gasteiger partial charge on any atom is 0.230 e. The zero-order valence-electron chi connectivity index (χ0n) is 15.6. The van der Waals surface area contributed by atoms with Gasteiger partial charge in [-0.25, -0.2) is 15.0 Å². The Morgan fingerprint density at radius 3 is 3.04 bits per heavy atom. The van der Waals surface area contributed by atoms with E-state index in [0.717, 1.165) is 47.4 Å². The molecule has 1 fully saturated rings. The summed E-state index contributed by atoms with van der Waals surface area (Å²) >= 11 is 1.72. The molecular formula is C20H23N5OS. The molecule has 1 aliphatic heterocycles. The zero-order chi connectivity index (χ0) is 18.8. The highest BCUT2D eigenvalue weighted by Crippen LogP contribution is 2.32. The van der Waals surface area contributed by atoms with Gasteiger partial charge in [0.15, 0.2) is 0 Å². The normalized spacial score (nSPS) is 17.3. The summed E-state index contributed by atoms with van der Waals surface area (Å²) in [5.74, 6) is 1.52. The first-order valence-corrected chi connectivity index (χ1v) is 10.2. The van der Waals surface area contributed by atoms with E-state index in [-0.39, 0.29) is 11.8 Å². The number of hydrogen-bond acceptors (Lipinski definition) is 6. The van der Waals surface area contributed by atoms with Crippen LogP contribution < -0.4 is 10.2 Å².